The fourth-order valence-corrected chi connectivity index (χ4v) is 8.39. The predicted molar refractivity (Wildman–Crippen MR) is 210 cm³/mol. The third kappa shape index (κ3) is 4.70. The first kappa shape index (κ1) is 27.9. The van der Waals surface area contributed by atoms with Crippen LogP contribution in [-0.2, 0) is 0 Å². The van der Waals surface area contributed by atoms with Gasteiger partial charge in [0.15, 0.2) is 0 Å². The van der Waals surface area contributed by atoms with Crippen molar-refractivity contribution in [3.8, 4) is 22.3 Å². The van der Waals surface area contributed by atoms with E-state index in [-0.39, 0.29) is 0 Å². The van der Waals surface area contributed by atoms with Crippen molar-refractivity contribution >= 4 is 81.3 Å². The lowest BCUT2D eigenvalue weighted by molar-refractivity contribution is 0.669. The molecular weight excluding hydrogens is 615 g/mol. The summed E-state index contributed by atoms with van der Waals surface area (Å²) in [6, 6.07) is 63.3. The number of rotatable bonds is 5. The number of thiophene rings is 1. The van der Waals surface area contributed by atoms with Crippen molar-refractivity contribution in [2.45, 2.75) is 0 Å². The van der Waals surface area contributed by atoms with Crippen molar-refractivity contribution in [3.05, 3.63) is 176 Å². The minimum Gasteiger partial charge on any atom is -0.456 e. The molecule has 230 valence electrons. The Hall–Kier alpha value is -6.16. The molecule has 0 atom stereocenters. The van der Waals surface area contributed by atoms with Crippen LogP contribution in [0.2, 0.25) is 0 Å². The lowest BCUT2D eigenvalue weighted by atomic mass is 9.99. The van der Waals surface area contributed by atoms with Crippen LogP contribution in [0.3, 0.4) is 0 Å². The Morgan fingerprint density at radius 3 is 1.78 bits per heavy atom. The van der Waals surface area contributed by atoms with E-state index in [4.69, 9.17) is 4.42 Å². The van der Waals surface area contributed by atoms with E-state index in [0.717, 1.165) is 39.0 Å². The minimum absolute atomic E-state index is 0.889. The monoisotopic (exact) mass is 643 g/mol. The van der Waals surface area contributed by atoms with Gasteiger partial charge >= 0.3 is 0 Å². The molecule has 0 saturated heterocycles. The number of hydrogen-bond acceptors (Lipinski definition) is 3. The summed E-state index contributed by atoms with van der Waals surface area (Å²) in [5, 5.41) is 7.20. The maximum Gasteiger partial charge on any atom is 0.136 e. The third-order valence-corrected chi connectivity index (χ3v) is 10.8. The van der Waals surface area contributed by atoms with Gasteiger partial charge in [0.2, 0.25) is 0 Å². The van der Waals surface area contributed by atoms with Gasteiger partial charge in [-0.1, -0.05) is 109 Å². The Morgan fingerprint density at radius 1 is 0.388 bits per heavy atom. The Kier molecular flexibility index (Phi) is 6.39. The zero-order chi connectivity index (χ0) is 32.3. The van der Waals surface area contributed by atoms with Gasteiger partial charge < -0.3 is 9.32 Å². The van der Waals surface area contributed by atoms with E-state index >= 15 is 0 Å². The molecule has 0 aliphatic carbocycles. The minimum atomic E-state index is 0.889. The average Bonchev–Trinajstić information content (AvgIpc) is 3.72. The third-order valence-electron chi connectivity index (χ3n) is 9.63. The molecule has 3 heteroatoms. The van der Waals surface area contributed by atoms with Crippen LogP contribution in [0.4, 0.5) is 17.1 Å². The van der Waals surface area contributed by atoms with Crippen molar-refractivity contribution in [2.24, 2.45) is 0 Å². The number of hydrogen-bond donors (Lipinski definition) is 0. The zero-order valence-electron chi connectivity index (χ0n) is 26.5. The molecule has 0 fully saturated rings. The van der Waals surface area contributed by atoms with Gasteiger partial charge in [0.05, 0.1) is 0 Å². The topological polar surface area (TPSA) is 16.4 Å². The highest BCUT2D eigenvalue weighted by molar-refractivity contribution is 7.26. The number of furan rings is 1. The van der Waals surface area contributed by atoms with E-state index in [0.29, 0.717) is 0 Å². The molecule has 0 spiro atoms. The Balaban J connectivity index is 1.19. The summed E-state index contributed by atoms with van der Waals surface area (Å²) in [4.78, 5) is 2.38. The molecular formula is C46H29NOS. The molecule has 10 aromatic rings. The van der Waals surface area contributed by atoms with Gasteiger partial charge in [-0.2, -0.15) is 0 Å². The molecule has 0 unspecified atom stereocenters. The van der Waals surface area contributed by atoms with Crippen LogP contribution < -0.4 is 4.90 Å². The van der Waals surface area contributed by atoms with Crippen LogP contribution in [0.25, 0.3) is 75.1 Å². The van der Waals surface area contributed by atoms with Crippen molar-refractivity contribution in [1.82, 2.24) is 0 Å². The van der Waals surface area contributed by atoms with Crippen molar-refractivity contribution < 1.29 is 4.42 Å². The largest absolute Gasteiger partial charge is 0.456 e. The first-order valence-electron chi connectivity index (χ1n) is 16.6. The first-order chi connectivity index (χ1) is 24.3. The summed E-state index contributed by atoms with van der Waals surface area (Å²) >= 11 is 1.86. The van der Waals surface area contributed by atoms with Crippen LogP contribution in [-0.4, -0.2) is 0 Å². The van der Waals surface area contributed by atoms with Crippen molar-refractivity contribution in [1.29, 1.82) is 0 Å². The number of fused-ring (bicyclic) bond motifs is 7. The molecule has 0 radical (unpaired) electrons. The van der Waals surface area contributed by atoms with Crippen molar-refractivity contribution in [2.75, 3.05) is 4.90 Å². The SMILES string of the molecule is c1ccc(-c2ccc(N(c3ccc4oc5cc6ccccc6cc5c4c3)c3ccc4sc5cccc(-c6ccccc6)c5c4c3)cc2)cc1. The molecule has 0 saturated carbocycles. The van der Waals surface area contributed by atoms with Crippen LogP contribution in [0.5, 0.6) is 0 Å². The molecule has 8 aromatic carbocycles. The first-order valence-corrected chi connectivity index (χ1v) is 17.4. The average molecular weight is 644 g/mol. The van der Waals surface area contributed by atoms with E-state index in [9.17, 15) is 0 Å². The summed E-state index contributed by atoms with van der Waals surface area (Å²) in [5.41, 5.74) is 9.98. The second kappa shape index (κ2) is 11.2. The highest BCUT2D eigenvalue weighted by Gasteiger charge is 2.19. The lowest BCUT2D eigenvalue weighted by Crippen LogP contribution is -2.09. The van der Waals surface area contributed by atoms with Gasteiger partial charge in [-0.05, 0) is 99.8 Å². The molecule has 2 aromatic heterocycles. The summed E-state index contributed by atoms with van der Waals surface area (Å²) in [7, 11) is 0. The second-order valence-corrected chi connectivity index (χ2v) is 13.6. The van der Waals surface area contributed by atoms with Gasteiger partial charge in [-0.25, -0.2) is 0 Å². The molecule has 2 nitrogen and oxygen atoms in total. The van der Waals surface area contributed by atoms with Crippen molar-refractivity contribution in [3.63, 3.8) is 0 Å². The summed E-state index contributed by atoms with van der Waals surface area (Å²) in [6.07, 6.45) is 0. The fraction of sp³-hybridized carbons (Fsp3) is 0. The van der Waals surface area contributed by atoms with Gasteiger partial charge in [-0.3, -0.25) is 0 Å². The quantitative estimate of drug-likeness (QED) is 0.186. The van der Waals surface area contributed by atoms with Gasteiger partial charge in [-0.15, -0.1) is 11.3 Å². The van der Waals surface area contributed by atoms with Crippen LogP contribution in [0, 0.1) is 0 Å². The normalized spacial score (nSPS) is 11.7. The van der Waals surface area contributed by atoms with Crippen LogP contribution in [0.15, 0.2) is 180 Å². The summed E-state index contributed by atoms with van der Waals surface area (Å²) < 4.78 is 8.98. The maximum atomic E-state index is 6.40. The molecule has 0 bridgehead atoms. The second-order valence-electron chi connectivity index (χ2n) is 12.6. The maximum absolute atomic E-state index is 6.40. The van der Waals surface area contributed by atoms with E-state index < -0.39 is 0 Å². The number of anilines is 3. The van der Waals surface area contributed by atoms with Gasteiger partial charge in [0, 0.05) is 48.0 Å². The molecule has 0 N–H and O–H groups in total. The standard InChI is InChI=1S/C46H29NOS/c1-3-10-30(11-4-1)31-18-20-35(21-19-31)47(36-22-24-42-40(28-36)39-26-33-14-7-8-15-34(33)27-43(39)48-42)37-23-25-44-41(29-37)46-38(16-9-17-45(46)49-44)32-12-5-2-6-13-32/h1-29H. The van der Waals surface area contributed by atoms with E-state index in [1.54, 1.807) is 0 Å². The number of benzene rings is 8. The number of nitrogens with zero attached hydrogens (tertiary/aromatic N) is 1. The lowest BCUT2D eigenvalue weighted by Gasteiger charge is -2.26. The molecule has 0 amide bonds. The molecule has 0 aliphatic rings. The molecule has 10 rings (SSSR count). The Labute approximate surface area is 287 Å². The smallest absolute Gasteiger partial charge is 0.136 e. The highest BCUT2D eigenvalue weighted by Crippen LogP contribution is 2.45. The van der Waals surface area contributed by atoms with Crippen LogP contribution in [0.1, 0.15) is 0 Å². The Bertz CT molecular complexity index is 2810. The fourth-order valence-electron chi connectivity index (χ4n) is 7.28. The van der Waals surface area contributed by atoms with E-state index in [1.807, 2.05) is 11.3 Å². The highest BCUT2D eigenvalue weighted by atomic mass is 32.1. The summed E-state index contributed by atoms with van der Waals surface area (Å²) in [6.45, 7) is 0. The van der Waals surface area contributed by atoms with Gasteiger partial charge in [0.1, 0.15) is 11.2 Å². The van der Waals surface area contributed by atoms with Gasteiger partial charge in [0.25, 0.3) is 0 Å². The van der Waals surface area contributed by atoms with E-state index in [1.165, 1.54) is 53.2 Å². The zero-order valence-corrected chi connectivity index (χ0v) is 27.3. The molecule has 49 heavy (non-hydrogen) atoms. The molecule has 2 heterocycles. The van der Waals surface area contributed by atoms with E-state index in [2.05, 4.69) is 181 Å². The summed E-state index contributed by atoms with van der Waals surface area (Å²) in [5.74, 6) is 0. The predicted octanol–water partition coefficient (Wildman–Crippen LogP) is 13.9. The molecule has 0 aliphatic heterocycles. The Morgan fingerprint density at radius 2 is 1.00 bits per heavy atom. The van der Waals surface area contributed by atoms with Crippen LogP contribution >= 0.6 is 11.3 Å².